The van der Waals surface area contributed by atoms with Crippen LogP contribution in [0.2, 0.25) is 0 Å². The highest BCUT2D eigenvalue weighted by Crippen LogP contribution is 2.19. The van der Waals surface area contributed by atoms with Crippen molar-refractivity contribution in [1.82, 2.24) is 15.2 Å². The summed E-state index contributed by atoms with van der Waals surface area (Å²) >= 11 is 0. The van der Waals surface area contributed by atoms with E-state index in [-0.39, 0.29) is 18.2 Å². The Hall–Kier alpha value is -2.31. The molecule has 0 bridgehead atoms. The van der Waals surface area contributed by atoms with Crippen LogP contribution in [-0.4, -0.2) is 21.7 Å². The van der Waals surface area contributed by atoms with Crippen molar-refractivity contribution in [3.63, 3.8) is 0 Å². The Balaban J connectivity index is 2.10. The molecule has 2 aromatic heterocycles. The molecule has 0 radical (unpaired) electrons. The van der Waals surface area contributed by atoms with Crippen LogP contribution in [0, 0.1) is 11.6 Å². The molecule has 106 valence electrons. The molecule has 2 aromatic rings. The quantitative estimate of drug-likeness (QED) is 0.851. The Morgan fingerprint density at radius 3 is 2.55 bits per heavy atom. The lowest BCUT2D eigenvalue weighted by atomic mass is 10.3. The standard InChI is InChI=1S/C13H15F2N5/c1-2-5-16-12-10(14)7-11(15)13(19-12)17-8-9-4-3-6-18-20-9/h3-4,6-7H,2,5,8H2,1H3,(H2,16,17,19). The molecule has 0 fully saturated rings. The molecule has 5 nitrogen and oxygen atoms in total. The SMILES string of the molecule is CCCNc1nc(NCc2cccnn2)c(F)cc1F. The van der Waals surface area contributed by atoms with Crippen molar-refractivity contribution in [1.29, 1.82) is 0 Å². The lowest BCUT2D eigenvalue weighted by molar-refractivity contribution is 0.577. The average Bonchev–Trinajstić information content (AvgIpc) is 2.46. The Morgan fingerprint density at radius 2 is 1.90 bits per heavy atom. The molecule has 2 N–H and O–H groups in total. The monoisotopic (exact) mass is 279 g/mol. The second-order valence-corrected chi connectivity index (χ2v) is 4.14. The van der Waals surface area contributed by atoms with Crippen LogP contribution in [0.15, 0.2) is 24.4 Å². The summed E-state index contributed by atoms with van der Waals surface area (Å²) in [6, 6.07) is 4.29. The van der Waals surface area contributed by atoms with E-state index in [4.69, 9.17) is 0 Å². The molecule has 0 saturated heterocycles. The molecule has 0 aliphatic heterocycles. The molecule has 7 heteroatoms. The third-order valence-corrected chi connectivity index (χ3v) is 2.54. The minimum Gasteiger partial charge on any atom is -0.368 e. The summed E-state index contributed by atoms with van der Waals surface area (Å²) < 4.78 is 27.1. The maximum Gasteiger partial charge on any atom is 0.168 e. The van der Waals surface area contributed by atoms with Gasteiger partial charge in [-0.2, -0.15) is 10.2 Å². The van der Waals surface area contributed by atoms with E-state index < -0.39 is 11.6 Å². The summed E-state index contributed by atoms with van der Waals surface area (Å²) in [7, 11) is 0. The maximum atomic E-state index is 13.6. The zero-order valence-corrected chi connectivity index (χ0v) is 11.0. The van der Waals surface area contributed by atoms with Crippen molar-refractivity contribution in [2.45, 2.75) is 19.9 Å². The fourth-order valence-corrected chi connectivity index (χ4v) is 1.56. The summed E-state index contributed by atoms with van der Waals surface area (Å²) in [5, 5.41) is 13.2. The highest BCUT2D eigenvalue weighted by Gasteiger charge is 2.11. The van der Waals surface area contributed by atoms with Crippen LogP contribution in [0.25, 0.3) is 0 Å². The first-order chi connectivity index (χ1) is 9.70. The van der Waals surface area contributed by atoms with Crippen LogP contribution in [0.5, 0.6) is 0 Å². The number of anilines is 2. The number of hydrogen-bond donors (Lipinski definition) is 2. The van der Waals surface area contributed by atoms with Gasteiger partial charge in [-0.05, 0) is 18.6 Å². The van der Waals surface area contributed by atoms with Crippen molar-refractivity contribution in [3.05, 3.63) is 41.7 Å². The molecule has 0 amide bonds. The van der Waals surface area contributed by atoms with Crippen molar-refractivity contribution in [2.75, 3.05) is 17.2 Å². The van der Waals surface area contributed by atoms with E-state index in [9.17, 15) is 8.78 Å². The Labute approximate surface area is 115 Å². The van der Waals surface area contributed by atoms with Crippen LogP contribution < -0.4 is 10.6 Å². The Bertz CT molecular complexity index is 562. The molecule has 0 spiro atoms. The van der Waals surface area contributed by atoms with E-state index in [1.165, 1.54) is 0 Å². The van der Waals surface area contributed by atoms with Gasteiger partial charge in [-0.1, -0.05) is 6.92 Å². The molecule has 0 unspecified atom stereocenters. The number of hydrogen-bond acceptors (Lipinski definition) is 5. The number of nitrogens with zero attached hydrogens (tertiary/aromatic N) is 3. The van der Waals surface area contributed by atoms with Crippen LogP contribution in [0.3, 0.4) is 0 Å². The highest BCUT2D eigenvalue weighted by atomic mass is 19.1. The first kappa shape index (κ1) is 14.1. The van der Waals surface area contributed by atoms with Gasteiger partial charge in [0.2, 0.25) is 0 Å². The van der Waals surface area contributed by atoms with Crippen LogP contribution in [-0.2, 0) is 6.54 Å². The number of rotatable bonds is 6. The molecule has 2 heterocycles. The van der Waals surface area contributed by atoms with E-state index in [1.807, 2.05) is 6.92 Å². The molecule has 0 aliphatic carbocycles. The van der Waals surface area contributed by atoms with Crippen molar-refractivity contribution < 1.29 is 8.78 Å². The number of pyridine rings is 1. The fraction of sp³-hybridized carbons (Fsp3) is 0.308. The van der Waals surface area contributed by atoms with Gasteiger partial charge in [-0.3, -0.25) is 0 Å². The largest absolute Gasteiger partial charge is 0.368 e. The van der Waals surface area contributed by atoms with Gasteiger partial charge in [-0.25, -0.2) is 13.8 Å². The van der Waals surface area contributed by atoms with Gasteiger partial charge in [0.15, 0.2) is 23.3 Å². The van der Waals surface area contributed by atoms with E-state index in [0.717, 1.165) is 12.5 Å². The third-order valence-electron chi connectivity index (χ3n) is 2.54. The van der Waals surface area contributed by atoms with E-state index in [0.29, 0.717) is 12.2 Å². The van der Waals surface area contributed by atoms with E-state index in [2.05, 4.69) is 25.8 Å². The second kappa shape index (κ2) is 6.74. The number of nitrogens with one attached hydrogen (secondary N) is 2. The zero-order chi connectivity index (χ0) is 14.4. The maximum absolute atomic E-state index is 13.6. The molecule has 20 heavy (non-hydrogen) atoms. The minimum atomic E-state index is -0.742. The minimum absolute atomic E-state index is 0.0179. The Morgan fingerprint density at radius 1 is 1.15 bits per heavy atom. The molecular weight excluding hydrogens is 264 g/mol. The summed E-state index contributed by atoms with van der Waals surface area (Å²) in [4.78, 5) is 3.90. The van der Waals surface area contributed by atoms with Gasteiger partial charge in [0.05, 0.1) is 12.2 Å². The van der Waals surface area contributed by atoms with Gasteiger partial charge >= 0.3 is 0 Å². The van der Waals surface area contributed by atoms with Gasteiger partial charge in [0.1, 0.15) is 0 Å². The molecule has 0 aromatic carbocycles. The van der Waals surface area contributed by atoms with Crippen LogP contribution in [0.4, 0.5) is 20.4 Å². The van der Waals surface area contributed by atoms with Crippen molar-refractivity contribution in [2.24, 2.45) is 0 Å². The number of halogens is 2. The van der Waals surface area contributed by atoms with Gasteiger partial charge in [0.25, 0.3) is 0 Å². The predicted molar refractivity (Wildman–Crippen MR) is 72.3 cm³/mol. The fourth-order valence-electron chi connectivity index (χ4n) is 1.56. The topological polar surface area (TPSA) is 62.7 Å². The molecule has 0 aliphatic rings. The summed E-state index contributed by atoms with van der Waals surface area (Å²) in [5.41, 5.74) is 0.640. The van der Waals surface area contributed by atoms with Gasteiger partial charge in [0, 0.05) is 18.8 Å². The van der Waals surface area contributed by atoms with Crippen LogP contribution in [0.1, 0.15) is 19.0 Å². The normalized spacial score (nSPS) is 10.3. The first-order valence-electron chi connectivity index (χ1n) is 6.31. The lowest BCUT2D eigenvalue weighted by Gasteiger charge is -2.10. The zero-order valence-electron chi connectivity index (χ0n) is 11.0. The van der Waals surface area contributed by atoms with Crippen molar-refractivity contribution in [3.8, 4) is 0 Å². The molecule has 0 atom stereocenters. The van der Waals surface area contributed by atoms with Gasteiger partial charge < -0.3 is 10.6 Å². The smallest absolute Gasteiger partial charge is 0.168 e. The van der Waals surface area contributed by atoms with E-state index in [1.54, 1.807) is 18.3 Å². The molecule has 0 saturated carbocycles. The Kier molecular flexibility index (Phi) is 4.75. The highest BCUT2D eigenvalue weighted by molar-refractivity contribution is 5.47. The molecular formula is C13H15F2N5. The third kappa shape index (κ3) is 3.59. The average molecular weight is 279 g/mol. The predicted octanol–water partition coefficient (Wildman–Crippen LogP) is 2.58. The van der Waals surface area contributed by atoms with Crippen LogP contribution >= 0.6 is 0 Å². The number of aromatic nitrogens is 3. The van der Waals surface area contributed by atoms with Crippen molar-refractivity contribution >= 4 is 11.6 Å². The first-order valence-corrected chi connectivity index (χ1v) is 6.31. The summed E-state index contributed by atoms with van der Waals surface area (Å²) in [6.45, 7) is 2.78. The van der Waals surface area contributed by atoms with E-state index >= 15 is 0 Å². The summed E-state index contributed by atoms with van der Waals surface area (Å²) in [6.07, 6.45) is 2.37. The molecule has 2 rings (SSSR count). The summed E-state index contributed by atoms with van der Waals surface area (Å²) in [5.74, 6) is -1.43. The lowest BCUT2D eigenvalue weighted by Crippen LogP contribution is -2.10. The van der Waals surface area contributed by atoms with Gasteiger partial charge in [-0.15, -0.1) is 0 Å². The second-order valence-electron chi connectivity index (χ2n) is 4.14.